The Morgan fingerprint density at radius 2 is 1.69 bits per heavy atom. The van der Waals surface area contributed by atoms with Gasteiger partial charge < -0.3 is 10.1 Å². The number of nitrogens with one attached hydrogen (secondary N) is 1. The number of carbonyl (C=O) groups excluding carboxylic acids is 2. The Kier molecular flexibility index (Phi) is 9.37. The maximum atomic E-state index is 13.0. The first-order chi connectivity index (χ1) is 17.0. The van der Waals surface area contributed by atoms with Crippen LogP contribution in [0.2, 0.25) is 0 Å². The molecule has 9 nitrogen and oxygen atoms in total. The van der Waals surface area contributed by atoms with Gasteiger partial charge in [0.2, 0.25) is 0 Å². The molecule has 0 saturated heterocycles. The third-order valence-electron chi connectivity index (χ3n) is 4.92. The van der Waals surface area contributed by atoms with Crippen LogP contribution in [0.15, 0.2) is 89.2 Å². The van der Waals surface area contributed by atoms with Crippen LogP contribution in [0.1, 0.15) is 31.2 Å². The van der Waals surface area contributed by atoms with E-state index in [9.17, 15) is 14.4 Å². The minimum absolute atomic E-state index is 0. The lowest BCUT2D eigenvalue weighted by Crippen LogP contribution is -2.33. The first-order valence-electron chi connectivity index (χ1n) is 10.6. The maximum absolute atomic E-state index is 13.0. The van der Waals surface area contributed by atoms with Crippen molar-refractivity contribution in [3.63, 3.8) is 0 Å². The van der Waals surface area contributed by atoms with Gasteiger partial charge in [0.25, 0.3) is 11.5 Å². The van der Waals surface area contributed by atoms with E-state index in [0.717, 1.165) is 22.5 Å². The van der Waals surface area contributed by atoms with Crippen molar-refractivity contribution in [1.29, 1.82) is 0 Å². The SMILES string of the molecule is Br.COC(=O)c1ccc(NC(=O)c2cc(=O)n(Cc3cccnc3)c(=NCc3cccnc3)s2)cc1. The molecule has 184 valence electrons. The number of ether oxygens (including phenoxy) is 1. The number of methoxy groups -OCH3 is 1. The van der Waals surface area contributed by atoms with E-state index in [1.165, 1.54) is 17.7 Å². The Morgan fingerprint density at radius 1 is 1.03 bits per heavy atom. The smallest absolute Gasteiger partial charge is 0.337 e. The average Bonchev–Trinajstić information content (AvgIpc) is 2.90. The van der Waals surface area contributed by atoms with Gasteiger partial charge in [-0.1, -0.05) is 23.5 Å². The van der Waals surface area contributed by atoms with Gasteiger partial charge in [-0.2, -0.15) is 0 Å². The lowest BCUT2D eigenvalue weighted by molar-refractivity contribution is 0.0600. The average molecular weight is 568 g/mol. The largest absolute Gasteiger partial charge is 0.465 e. The second-order valence-electron chi connectivity index (χ2n) is 7.38. The molecule has 0 unspecified atom stereocenters. The summed E-state index contributed by atoms with van der Waals surface area (Å²) in [6, 6.07) is 14.9. The summed E-state index contributed by atoms with van der Waals surface area (Å²) in [4.78, 5) is 51.0. The summed E-state index contributed by atoms with van der Waals surface area (Å²) in [5.74, 6) is -0.925. The number of aromatic nitrogens is 3. The molecule has 4 rings (SSSR count). The van der Waals surface area contributed by atoms with Gasteiger partial charge in [-0.3, -0.25) is 29.1 Å². The molecule has 0 aliphatic carbocycles. The predicted octanol–water partition coefficient (Wildman–Crippen LogP) is 3.47. The van der Waals surface area contributed by atoms with E-state index in [-0.39, 0.29) is 34.0 Å². The molecule has 1 aromatic carbocycles. The van der Waals surface area contributed by atoms with Gasteiger partial charge in [0.1, 0.15) is 4.88 Å². The van der Waals surface area contributed by atoms with Crippen LogP contribution in [0.3, 0.4) is 0 Å². The Labute approximate surface area is 221 Å². The van der Waals surface area contributed by atoms with Crippen molar-refractivity contribution < 1.29 is 14.3 Å². The van der Waals surface area contributed by atoms with Gasteiger partial charge in [-0.05, 0) is 47.5 Å². The second kappa shape index (κ2) is 12.7. The Hall–Kier alpha value is -3.96. The summed E-state index contributed by atoms with van der Waals surface area (Å²) in [6.45, 7) is 0.572. The number of carbonyl (C=O) groups is 2. The summed E-state index contributed by atoms with van der Waals surface area (Å²) in [5.41, 5.74) is 2.19. The van der Waals surface area contributed by atoms with Crippen molar-refractivity contribution in [1.82, 2.24) is 14.5 Å². The molecule has 0 bridgehead atoms. The van der Waals surface area contributed by atoms with Crippen LogP contribution in [-0.2, 0) is 17.8 Å². The fourth-order valence-electron chi connectivity index (χ4n) is 3.17. The zero-order valence-corrected chi connectivity index (χ0v) is 21.7. The van der Waals surface area contributed by atoms with Crippen molar-refractivity contribution in [3.05, 3.63) is 116 Å². The Morgan fingerprint density at radius 3 is 2.31 bits per heavy atom. The minimum Gasteiger partial charge on any atom is -0.465 e. The molecule has 0 aliphatic rings. The van der Waals surface area contributed by atoms with E-state index in [1.54, 1.807) is 55.1 Å². The predicted molar refractivity (Wildman–Crippen MR) is 141 cm³/mol. The highest BCUT2D eigenvalue weighted by atomic mass is 79.9. The third-order valence-corrected chi connectivity index (χ3v) is 5.98. The van der Waals surface area contributed by atoms with Crippen LogP contribution >= 0.6 is 28.3 Å². The summed E-state index contributed by atoms with van der Waals surface area (Å²) in [7, 11) is 1.30. The number of hydrogen-bond acceptors (Lipinski definition) is 8. The van der Waals surface area contributed by atoms with Crippen LogP contribution in [0.5, 0.6) is 0 Å². The normalized spacial score (nSPS) is 10.9. The molecule has 0 atom stereocenters. The number of rotatable bonds is 7. The Balaban J connectivity index is 0.00000361. The molecule has 3 aromatic heterocycles. The number of esters is 1. The fraction of sp³-hybridized carbons (Fsp3) is 0.120. The molecule has 0 fully saturated rings. The molecule has 0 aliphatic heterocycles. The number of pyridine rings is 2. The molecule has 36 heavy (non-hydrogen) atoms. The van der Waals surface area contributed by atoms with Crippen LogP contribution in [-0.4, -0.2) is 33.5 Å². The van der Waals surface area contributed by atoms with Crippen molar-refractivity contribution in [2.45, 2.75) is 13.1 Å². The highest BCUT2D eigenvalue weighted by Crippen LogP contribution is 2.13. The second-order valence-corrected chi connectivity index (χ2v) is 8.39. The highest BCUT2D eigenvalue weighted by molar-refractivity contribution is 8.93. The minimum atomic E-state index is -0.470. The molecule has 0 saturated carbocycles. The van der Waals surface area contributed by atoms with E-state index < -0.39 is 11.9 Å². The van der Waals surface area contributed by atoms with Gasteiger partial charge in [-0.15, -0.1) is 17.0 Å². The first kappa shape index (κ1) is 26.6. The zero-order chi connectivity index (χ0) is 24.6. The van der Waals surface area contributed by atoms with Crippen molar-refractivity contribution in [3.8, 4) is 0 Å². The van der Waals surface area contributed by atoms with Gasteiger partial charge in [0, 0.05) is 36.5 Å². The van der Waals surface area contributed by atoms with Crippen LogP contribution in [0, 0.1) is 0 Å². The van der Waals surface area contributed by atoms with Crippen LogP contribution in [0.4, 0.5) is 5.69 Å². The quantitative estimate of drug-likeness (QED) is 0.342. The number of amides is 1. The van der Waals surface area contributed by atoms with E-state index in [2.05, 4.69) is 25.0 Å². The molecular weight excluding hydrogens is 546 g/mol. The van der Waals surface area contributed by atoms with Crippen LogP contribution < -0.4 is 15.7 Å². The first-order valence-corrected chi connectivity index (χ1v) is 11.4. The molecular formula is C25H22BrN5O4S. The number of halogens is 1. The number of anilines is 1. The Bertz CT molecular complexity index is 1460. The molecule has 1 amide bonds. The van der Waals surface area contributed by atoms with Gasteiger partial charge in [-0.25, -0.2) is 4.79 Å². The lowest BCUT2D eigenvalue weighted by Gasteiger charge is -2.09. The van der Waals surface area contributed by atoms with Gasteiger partial charge in [0.15, 0.2) is 4.80 Å². The van der Waals surface area contributed by atoms with Crippen LogP contribution in [0.25, 0.3) is 0 Å². The van der Waals surface area contributed by atoms with Crippen molar-refractivity contribution >= 4 is 45.9 Å². The molecule has 3 heterocycles. The summed E-state index contributed by atoms with van der Waals surface area (Å²) in [6.07, 6.45) is 6.72. The molecule has 11 heteroatoms. The van der Waals surface area contributed by atoms with E-state index in [1.807, 2.05) is 18.2 Å². The van der Waals surface area contributed by atoms with Crippen molar-refractivity contribution in [2.75, 3.05) is 12.4 Å². The molecule has 0 radical (unpaired) electrons. The lowest BCUT2D eigenvalue weighted by atomic mass is 10.2. The standard InChI is InChI=1S/C25H21N5O4S.BrH/c1-34-24(33)19-6-8-20(9-7-19)29-23(32)21-12-22(31)30(16-18-5-3-11-27-14-18)25(35-21)28-15-17-4-2-10-26-13-17;/h2-14H,15-16H2,1H3,(H,29,32);1H. The van der Waals surface area contributed by atoms with Crippen molar-refractivity contribution in [2.24, 2.45) is 4.99 Å². The van der Waals surface area contributed by atoms with E-state index in [0.29, 0.717) is 22.6 Å². The molecule has 0 spiro atoms. The number of benzene rings is 1. The zero-order valence-electron chi connectivity index (χ0n) is 19.2. The van der Waals surface area contributed by atoms with Gasteiger partial charge >= 0.3 is 5.97 Å². The summed E-state index contributed by atoms with van der Waals surface area (Å²) >= 11 is 1.11. The molecule has 4 aromatic rings. The fourth-order valence-corrected chi connectivity index (χ4v) is 4.06. The number of hydrogen-bond donors (Lipinski definition) is 1. The monoisotopic (exact) mass is 567 g/mol. The van der Waals surface area contributed by atoms with E-state index >= 15 is 0 Å². The third kappa shape index (κ3) is 6.80. The summed E-state index contributed by atoms with van der Waals surface area (Å²) in [5, 5.41) is 2.75. The highest BCUT2D eigenvalue weighted by Gasteiger charge is 2.13. The topological polar surface area (TPSA) is 116 Å². The van der Waals surface area contributed by atoms with Gasteiger partial charge in [0.05, 0.1) is 25.8 Å². The van der Waals surface area contributed by atoms with E-state index in [4.69, 9.17) is 0 Å². The maximum Gasteiger partial charge on any atom is 0.337 e. The number of nitrogens with zero attached hydrogens (tertiary/aromatic N) is 4. The molecule has 1 N–H and O–H groups in total. The summed E-state index contributed by atoms with van der Waals surface area (Å²) < 4.78 is 6.20.